The first-order chi connectivity index (χ1) is 12.0. The van der Waals surface area contributed by atoms with E-state index in [-0.39, 0.29) is 16.6 Å². The Balaban J connectivity index is 1.58. The van der Waals surface area contributed by atoms with Crippen LogP contribution in [-0.4, -0.2) is 24.7 Å². The number of rotatable bonds is 5. The standard InChI is InChI=1S/C19H20F2N2OS/c1-13-10-15(23-8-2-3-9-23)5-6-17(13)22-19(24)12-25-18-7-4-14(20)11-16(18)21/h4-7,10-11H,2-3,8-9,12H2,1H3,(H,22,24). The zero-order valence-corrected chi connectivity index (χ0v) is 14.8. The summed E-state index contributed by atoms with van der Waals surface area (Å²) in [7, 11) is 0. The van der Waals surface area contributed by atoms with Crippen molar-refractivity contribution in [2.75, 3.05) is 29.1 Å². The average molecular weight is 362 g/mol. The minimum atomic E-state index is -0.649. The van der Waals surface area contributed by atoms with E-state index in [0.29, 0.717) is 0 Å². The van der Waals surface area contributed by atoms with Crippen molar-refractivity contribution in [3.63, 3.8) is 0 Å². The monoisotopic (exact) mass is 362 g/mol. The van der Waals surface area contributed by atoms with Crippen molar-refractivity contribution in [1.29, 1.82) is 0 Å². The van der Waals surface area contributed by atoms with Crippen LogP contribution >= 0.6 is 11.8 Å². The minimum Gasteiger partial charge on any atom is -0.372 e. The molecule has 0 saturated carbocycles. The summed E-state index contributed by atoms with van der Waals surface area (Å²) in [5, 5.41) is 2.85. The maximum atomic E-state index is 13.6. The van der Waals surface area contributed by atoms with Gasteiger partial charge in [0.05, 0.1) is 5.75 Å². The Morgan fingerprint density at radius 2 is 1.92 bits per heavy atom. The van der Waals surface area contributed by atoms with Gasteiger partial charge in [0.15, 0.2) is 0 Å². The van der Waals surface area contributed by atoms with Gasteiger partial charge in [0.2, 0.25) is 5.91 Å². The number of benzene rings is 2. The second-order valence-corrected chi connectivity index (χ2v) is 7.12. The van der Waals surface area contributed by atoms with E-state index in [1.165, 1.54) is 30.7 Å². The van der Waals surface area contributed by atoms with E-state index in [4.69, 9.17) is 0 Å². The largest absolute Gasteiger partial charge is 0.372 e. The molecule has 1 N–H and O–H groups in total. The van der Waals surface area contributed by atoms with Crippen LogP contribution in [0.1, 0.15) is 18.4 Å². The van der Waals surface area contributed by atoms with Gasteiger partial charge in [-0.15, -0.1) is 11.8 Å². The summed E-state index contributed by atoms with van der Waals surface area (Å²) < 4.78 is 26.5. The lowest BCUT2D eigenvalue weighted by molar-refractivity contribution is -0.113. The highest BCUT2D eigenvalue weighted by Crippen LogP contribution is 2.26. The molecule has 3 rings (SSSR count). The van der Waals surface area contributed by atoms with Gasteiger partial charge in [-0.25, -0.2) is 8.78 Å². The van der Waals surface area contributed by atoms with E-state index in [0.717, 1.165) is 42.2 Å². The highest BCUT2D eigenvalue weighted by Gasteiger charge is 2.14. The van der Waals surface area contributed by atoms with E-state index >= 15 is 0 Å². The van der Waals surface area contributed by atoms with Crippen molar-refractivity contribution < 1.29 is 13.6 Å². The molecule has 1 aliphatic rings. The molecule has 0 aromatic heterocycles. The van der Waals surface area contributed by atoms with Gasteiger partial charge in [0.25, 0.3) is 0 Å². The third-order valence-electron chi connectivity index (χ3n) is 4.21. The predicted molar refractivity (Wildman–Crippen MR) is 98.3 cm³/mol. The fraction of sp³-hybridized carbons (Fsp3) is 0.316. The molecular weight excluding hydrogens is 342 g/mol. The molecule has 25 heavy (non-hydrogen) atoms. The maximum absolute atomic E-state index is 13.6. The molecule has 0 bridgehead atoms. The number of hydrogen-bond donors (Lipinski definition) is 1. The van der Waals surface area contributed by atoms with E-state index in [1.54, 1.807) is 0 Å². The van der Waals surface area contributed by atoms with Crippen LogP contribution in [0.4, 0.5) is 20.2 Å². The Labute approximate surface area is 150 Å². The first-order valence-corrected chi connectivity index (χ1v) is 9.25. The number of carbonyl (C=O) groups is 1. The summed E-state index contributed by atoms with van der Waals surface area (Å²) in [5.74, 6) is -1.43. The second-order valence-electron chi connectivity index (χ2n) is 6.10. The summed E-state index contributed by atoms with van der Waals surface area (Å²) in [6, 6.07) is 9.35. The Kier molecular flexibility index (Phi) is 5.58. The molecule has 0 radical (unpaired) electrons. The molecule has 132 valence electrons. The van der Waals surface area contributed by atoms with E-state index in [9.17, 15) is 13.6 Å². The zero-order valence-electron chi connectivity index (χ0n) is 14.0. The first kappa shape index (κ1) is 17.7. The molecule has 2 aromatic carbocycles. The highest BCUT2D eigenvalue weighted by molar-refractivity contribution is 8.00. The van der Waals surface area contributed by atoms with Crippen molar-refractivity contribution >= 4 is 29.0 Å². The van der Waals surface area contributed by atoms with Crippen LogP contribution in [0.5, 0.6) is 0 Å². The molecule has 1 aliphatic heterocycles. The summed E-state index contributed by atoms with van der Waals surface area (Å²) in [5.41, 5.74) is 2.93. The lowest BCUT2D eigenvalue weighted by Gasteiger charge is -2.19. The molecule has 0 atom stereocenters. The van der Waals surface area contributed by atoms with Crippen molar-refractivity contribution in [2.24, 2.45) is 0 Å². The summed E-state index contributed by atoms with van der Waals surface area (Å²) in [6.07, 6.45) is 2.43. The molecular formula is C19H20F2N2OS. The molecule has 1 saturated heterocycles. The number of nitrogens with one attached hydrogen (secondary N) is 1. The van der Waals surface area contributed by atoms with Crippen molar-refractivity contribution in [2.45, 2.75) is 24.7 Å². The molecule has 0 spiro atoms. The normalized spacial score (nSPS) is 14.0. The molecule has 0 aliphatic carbocycles. The minimum absolute atomic E-state index is 0.0653. The number of halogens is 2. The van der Waals surface area contributed by atoms with Gasteiger partial charge >= 0.3 is 0 Å². The average Bonchev–Trinajstić information content (AvgIpc) is 3.10. The smallest absolute Gasteiger partial charge is 0.234 e. The van der Waals surface area contributed by atoms with Crippen LogP contribution in [0.15, 0.2) is 41.3 Å². The number of hydrogen-bond acceptors (Lipinski definition) is 3. The number of nitrogens with zero attached hydrogens (tertiary/aromatic N) is 1. The molecule has 2 aromatic rings. The van der Waals surface area contributed by atoms with Gasteiger partial charge in [0.1, 0.15) is 11.6 Å². The highest BCUT2D eigenvalue weighted by atomic mass is 32.2. The maximum Gasteiger partial charge on any atom is 0.234 e. The SMILES string of the molecule is Cc1cc(N2CCCC2)ccc1NC(=O)CSc1ccc(F)cc1F. The first-order valence-electron chi connectivity index (χ1n) is 8.26. The van der Waals surface area contributed by atoms with Crippen molar-refractivity contribution in [3.8, 4) is 0 Å². The number of thioether (sulfide) groups is 1. The summed E-state index contributed by atoms with van der Waals surface area (Å²) >= 11 is 1.05. The summed E-state index contributed by atoms with van der Waals surface area (Å²) in [6.45, 7) is 4.11. The van der Waals surface area contributed by atoms with Gasteiger partial charge in [-0.05, 0) is 55.7 Å². The van der Waals surface area contributed by atoms with Crippen LogP contribution in [0.3, 0.4) is 0 Å². The lowest BCUT2D eigenvalue weighted by Crippen LogP contribution is -2.18. The van der Waals surface area contributed by atoms with Crippen LogP contribution in [-0.2, 0) is 4.79 Å². The molecule has 0 unspecified atom stereocenters. The predicted octanol–water partition coefficient (Wildman–Crippen LogP) is 4.60. The zero-order chi connectivity index (χ0) is 17.8. The van der Waals surface area contributed by atoms with Crippen molar-refractivity contribution in [1.82, 2.24) is 0 Å². The van der Waals surface area contributed by atoms with Crippen LogP contribution in [0.2, 0.25) is 0 Å². The van der Waals surface area contributed by atoms with Crippen LogP contribution in [0.25, 0.3) is 0 Å². The number of amides is 1. The van der Waals surface area contributed by atoms with Gasteiger partial charge in [-0.1, -0.05) is 0 Å². The number of carbonyl (C=O) groups excluding carboxylic acids is 1. The fourth-order valence-electron chi connectivity index (χ4n) is 2.88. The fourth-order valence-corrected chi connectivity index (χ4v) is 3.60. The van der Waals surface area contributed by atoms with E-state index in [1.807, 2.05) is 19.1 Å². The molecule has 1 fully saturated rings. The molecule has 6 heteroatoms. The van der Waals surface area contributed by atoms with Crippen LogP contribution in [0, 0.1) is 18.6 Å². The van der Waals surface area contributed by atoms with Gasteiger partial charge in [0, 0.05) is 35.4 Å². The third-order valence-corrected chi connectivity index (χ3v) is 5.26. The Morgan fingerprint density at radius 1 is 1.16 bits per heavy atom. The second kappa shape index (κ2) is 7.87. The van der Waals surface area contributed by atoms with Gasteiger partial charge in [-0.3, -0.25) is 4.79 Å². The van der Waals surface area contributed by atoms with Gasteiger partial charge in [-0.2, -0.15) is 0 Å². The number of aryl methyl sites for hydroxylation is 1. The lowest BCUT2D eigenvalue weighted by atomic mass is 10.1. The topological polar surface area (TPSA) is 32.3 Å². The number of anilines is 2. The quantitative estimate of drug-likeness (QED) is 0.789. The van der Waals surface area contributed by atoms with E-state index in [2.05, 4.69) is 16.3 Å². The Hall–Kier alpha value is -2.08. The third kappa shape index (κ3) is 4.51. The van der Waals surface area contributed by atoms with Crippen molar-refractivity contribution in [3.05, 3.63) is 53.6 Å². The Bertz CT molecular complexity index is 776. The Morgan fingerprint density at radius 3 is 2.60 bits per heavy atom. The molecule has 1 amide bonds. The van der Waals surface area contributed by atoms with E-state index < -0.39 is 11.6 Å². The summed E-state index contributed by atoms with van der Waals surface area (Å²) in [4.78, 5) is 14.7. The molecule has 1 heterocycles. The van der Waals surface area contributed by atoms with Crippen LogP contribution < -0.4 is 10.2 Å². The molecule has 3 nitrogen and oxygen atoms in total. The van der Waals surface area contributed by atoms with Gasteiger partial charge < -0.3 is 10.2 Å².